The summed E-state index contributed by atoms with van der Waals surface area (Å²) in [6.45, 7) is 3.80. The molecular weight excluding hydrogens is 350 g/mol. The molecule has 1 saturated carbocycles. The van der Waals surface area contributed by atoms with Crippen LogP contribution < -0.4 is 4.90 Å². The average molecular weight is 377 g/mol. The van der Waals surface area contributed by atoms with Crippen molar-refractivity contribution in [2.24, 2.45) is 5.92 Å². The van der Waals surface area contributed by atoms with E-state index in [1.165, 1.54) is 19.3 Å². The third kappa shape index (κ3) is 2.98. The van der Waals surface area contributed by atoms with Crippen LogP contribution in [0.1, 0.15) is 42.5 Å². The van der Waals surface area contributed by atoms with Crippen molar-refractivity contribution in [3.8, 4) is 0 Å². The maximum absolute atomic E-state index is 13.0. The van der Waals surface area contributed by atoms with E-state index in [4.69, 9.17) is 0 Å². The first-order valence-corrected chi connectivity index (χ1v) is 10.6. The van der Waals surface area contributed by atoms with E-state index in [-0.39, 0.29) is 11.8 Å². The lowest BCUT2D eigenvalue weighted by atomic mass is 9.88. The smallest absolute Gasteiger partial charge is 0.260 e. The van der Waals surface area contributed by atoms with Gasteiger partial charge in [0.1, 0.15) is 0 Å². The molecule has 3 aliphatic rings. The zero-order chi connectivity index (χ0) is 19.1. The van der Waals surface area contributed by atoms with Crippen molar-refractivity contribution in [2.45, 2.75) is 32.1 Å². The van der Waals surface area contributed by atoms with Gasteiger partial charge in [0, 0.05) is 43.0 Å². The molecule has 0 N–H and O–H groups in total. The van der Waals surface area contributed by atoms with E-state index < -0.39 is 0 Å². The van der Waals surface area contributed by atoms with E-state index in [1.54, 1.807) is 0 Å². The van der Waals surface area contributed by atoms with Crippen molar-refractivity contribution >= 4 is 28.3 Å². The Hall–Kier alpha value is -2.40. The van der Waals surface area contributed by atoms with Gasteiger partial charge in [-0.2, -0.15) is 0 Å². The molecule has 28 heavy (non-hydrogen) atoms. The summed E-state index contributed by atoms with van der Waals surface area (Å²) in [6.07, 6.45) is 5.78. The van der Waals surface area contributed by atoms with Gasteiger partial charge in [0.25, 0.3) is 5.91 Å². The highest BCUT2D eigenvalue weighted by atomic mass is 16.2. The molecule has 2 fully saturated rings. The van der Waals surface area contributed by atoms with Gasteiger partial charge in [-0.05, 0) is 30.4 Å². The number of amides is 2. The summed E-state index contributed by atoms with van der Waals surface area (Å²) in [5.41, 5.74) is 1.82. The lowest BCUT2D eigenvalue weighted by Gasteiger charge is -2.38. The first kappa shape index (κ1) is 17.7. The maximum atomic E-state index is 13.0. The highest BCUT2D eigenvalue weighted by Crippen LogP contribution is 2.37. The molecule has 2 heterocycles. The number of benzene rings is 2. The number of nitrogens with zero attached hydrogens (tertiary/aromatic N) is 3. The van der Waals surface area contributed by atoms with Crippen molar-refractivity contribution in [1.82, 2.24) is 9.80 Å². The molecule has 5 rings (SSSR count). The number of hydrogen-bond donors (Lipinski definition) is 0. The van der Waals surface area contributed by atoms with Crippen molar-refractivity contribution < 1.29 is 9.59 Å². The molecule has 0 unspecified atom stereocenters. The molecule has 0 bridgehead atoms. The van der Waals surface area contributed by atoms with Gasteiger partial charge in [0.2, 0.25) is 5.91 Å². The lowest BCUT2D eigenvalue weighted by molar-refractivity contribution is -0.138. The van der Waals surface area contributed by atoms with E-state index in [1.807, 2.05) is 34.1 Å². The maximum Gasteiger partial charge on any atom is 0.260 e. The topological polar surface area (TPSA) is 43.9 Å². The molecule has 2 aromatic rings. The van der Waals surface area contributed by atoms with Gasteiger partial charge < -0.3 is 4.90 Å². The summed E-state index contributed by atoms with van der Waals surface area (Å²) in [5.74, 6) is 0.689. The lowest BCUT2D eigenvalue weighted by Crippen LogP contribution is -2.53. The second-order valence-electron chi connectivity index (χ2n) is 8.33. The Kier molecular flexibility index (Phi) is 4.55. The third-order valence-corrected chi connectivity index (χ3v) is 6.63. The standard InChI is InChI=1S/C23H27N3O2/c27-22(18-6-2-1-3-7-18)25-14-12-24(13-15-25)16-26-20-11-5-9-17-8-4-10-19(21(17)20)23(26)28/h4-5,8-11,18H,1-3,6-7,12-16H2. The van der Waals surface area contributed by atoms with Crippen molar-refractivity contribution in [3.63, 3.8) is 0 Å². The first-order valence-electron chi connectivity index (χ1n) is 10.6. The summed E-state index contributed by atoms with van der Waals surface area (Å²) in [4.78, 5) is 32.0. The van der Waals surface area contributed by atoms with Gasteiger partial charge in [-0.1, -0.05) is 43.5 Å². The quantitative estimate of drug-likeness (QED) is 0.823. The number of rotatable bonds is 3. The molecule has 1 aliphatic carbocycles. The normalized spacial score (nSPS) is 20.9. The van der Waals surface area contributed by atoms with Crippen LogP contribution >= 0.6 is 0 Å². The number of anilines is 1. The molecule has 2 aliphatic heterocycles. The Morgan fingerprint density at radius 1 is 0.929 bits per heavy atom. The van der Waals surface area contributed by atoms with E-state index in [9.17, 15) is 9.59 Å². The zero-order valence-corrected chi connectivity index (χ0v) is 16.3. The Bertz CT molecular complexity index is 906. The first-order chi connectivity index (χ1) is 13.7. The van der Waals surface area contributed by atoms with Crippen LogP contribution in [0.3, 0.4) is 0 Å². The molecule has 2 aromatic carbocycles. The second-order valence-corrected chi connectivity index (χ2v) is 8.33. The molecule has 146 valence electrons. The number of carbonyl (C=O) groups excluding carboxylic acids is 2. The van der Waals surface area contributed by atoms with E-state index in [0.29, 0.717) is 12.6 Å². The van der Waals surface area contributed by atoms with Crippen LogP contribution in [0.25, 0.3) is 10.8 Å². The van der Waals surface area contributed by atoms with E-state index in [0.717, 1.165) is 61.0 Å². The number of piperazine rings is 1. The van der Waals surface area contributed by atoms with Gasteiger partial charge in [-0.3, -0.25) is 19.4 Å². The van der Waals surface area contributed by atoms with E-state index >= 15 is 0 Å². The van der Waals surface area contributed by atoms with Crippen LogP contribution in [0, 0.1) is 5.92 Å². The van der Waals surface area contributed by atoms with E-state index in [2.05, 4.69) is 17.0 Å². The third-order valence-electron chi connectivity index (χ3n) is 6.63. The van der Waals surface area contributed by atoms with Gasteiger partial charge in [0.05, 0.1) is 12.4 Å². The Balaban J connectivity index is 1.25. The number of carbonyl (C=O) groups is 2. The molecule has 0 atom stereocenters. The van der Waals surface area contributed by atoms with Gasteiger partial charge in [0.15, 0.2) is 0 Å². The largest absolute Gasteiger partial charge is 0.340 e. The van der Waals surface area contributed by atoms with Crippen LogP contribution in [0.4, 0.5) is 5.69 Å². The second kappa shape index (κ2) is 7.21. The monoisotopic (exact) mass is 377 g/mol. The zero-order valence-electron chi connectivity index (χ0n) is 16.3. The van der Waals surface area contributed by atoms with Crippen molar-refractivity contribution in [1.29, 1.82) is 0 Å². The van der Waals surface area contributed by atoms with Crippen LogP contribution in [-0.2, 0) is 4.79 Å². The highest BCUT2D eigenvalue weighted by Gasteiger charge is 2.33. The fraction of sp³-hybridized carbons (Fsp3) is 0.478. The number of hydrogen-bond acceptors (Lipinski definition) is 3. The minimum absolute atomic E-state index is 0.0903. The van der Waals surface area contributed by atoms with Gasteiger partial charge in [-0.25, -0.2) is 0 Å². The SMILES string of the molecule is O=C(C1CCCCC1)N1CCN(CN2C(=O)c3cccc4cccc2c34)CC1. The van der Waals surface area contributed by atoms with Crippen LogP contribution in [0.5, 0.6) is 0 Å². The van der Waals surface area contributed by atoms with Crippen LogP contribution in [0.15, 0.2) is 36.4 Å². The molecule has 2 amide bonds. The minimum Gasteiger partial charge on any atom is -0.340 e. The van der Waals surface area contributed by atoms with Crippen molar-refractivity contribution in [3.05, 3.63) is 42.0 Å². The fourth-order valence-corrected chi connectivity index (χ4v) is 5.04. The summed E-state index contributed by atoms with van der Waals surface area (Å²) in [5, 5.41) is 2.19. The molecule has 0 aromatic heterocycles. The molecule has 1 saturated heterocycles. The Morgan fingerprint density at radius 3 is 2.39 bits per heavy atom. The average Bonchev–Trinajstić information content (AvgIpc) is 3.02. The molecule has 0 radical (unpaired) electrons. The Labute approximate surface area is 165 Å². The molecule has 5 nitrogen and oxygen atoms in total. The Morgan fingerprint density at radius 2 is 1.64 bits per heavy atom. The molecule has 0 spiro atoms. The fourth-order valence-electron chi connectivity index (χ4n) is 5.04. The molecule has 5 heteroatoms. The highest BCUT2D eigenvalue weighted by molar-refractivity contribution is 6.24. The predicted octanol–water partition coefficient (Wildman–Crippen LogP) is 3.48. The van der Waals surface area contributed by atoms with Crippen LogP contribution in [0.2, 0.25) is 0 Å². The summed E-state index contributed by atoms with van der Waals surface area (Å²) in [7, 11) is 0. The predicted molar refractivity (Wildman–Crippen MR) is 110 cm³/mol. The summed E-state index contributed by atoms with van der Waals surface area (Å²) < 4.78 is 0. The van der Waals surface area contributed by atoms with Crippen molar-refractivity contribution in [2.75, 3.05) is 37.7 Å². The van der Waals surface area contributed by atoms with Crippen LogP contribution in [-0.4, -0.2) is 54.5 Å². The van der Waals surface area contributed by atoms with Gasteiger partial charge >= 0.3 is 0 Å². The van der Waals surface area contributed by atoms with Gasteiger partial charge in [-0.15, -0.1) is 0 Å². The summed E-state index contributed by atoms with van der Waals surface area (Å²) >= 11 is 0. The summed E-state index contributed by atoms with van der Waals surface area (Å²) in [6, 6.07) is 12.1. The minimum atomic E-state index is 0.0903. The molecular formula is C23H27N3O2.